The van der Waals surface area contributed by atoms with Crippen molar-refractivity contribution in [2.75, 3.05) is 0 Å². The van der Waals surface area contributed by atoms with Gasteiger partial charge in [-0.25, -0.2) is 0 Å². The maximum Gasteiger partial charge on any atom is -0.0149 e. The van der Waals surface area contributed by atoms with Crippen LogP contribution in [0.25, 0.3) is 0 Å². The van der Waals surface area contributed by atoms with Gasteiger partial charge in [0.1, 0.15) is 0 Å². The van der Waals surface area contributed by atoms with Gasteiger partial charge in [-0.05, 0) is 18.3 Å². The molecule has 0 N–H and O–H groups in total. The molecule has 0 aliphatic carbocycles. The third kappa shape index (κ3) is 4.23. The molecule has 11 heavy (non-hydrogen) atoms. The van der Waals surface area contributed by atoms with E-state index in [0.29, 0.717) is 5.41 Å². The molecule has 0 aliphatic rings. The van der Waals surface area contributed by atoms with Gasteiger partial charge < -0.3 is 0 Å². The van der Waals surface area contributed by atoms with E-state index in [1.54, 1.807) is 0 Å². The summed E-state index contributed by atoms with van der Waals surface area (Å²) in [7, 11) is 0. The number of hydrogen-bond acceptors (Lipinski definition) is 0. The average Bonchev–Trinajstić information content (AvgIpc) is 2.02. The summed E-state index contributed by atoms with van der Waals surface area (Å²) < 4.78 is 0. The Morgan fingerprint density at radius 3 is 2.18 bits per heavy atom. The quantitative estimate of drug-likeness (QED) is 0.504. The summed E-state index contributed by atoms with van der Waals surface area (Å²) in [6.45, 7) is 10.7. The molecule has 1 atom stereocenters. The van der Waals surface area contributed by atoms with Gasteiger partial charge in [0, 0.05) is 0 Å². The lowest BCUT2D eigenvalue weighted by Crippen LogP contribution is -2.11. The molecule has 0 heterocycles. The van der Waals surface area contributed by atoms with Crippen molar-refractivity contribution in [3.05, 3.63) is 12.7 Å². The first kappa shape index (κ1) is 10.7. The van der Waals surface area contributed by atoms with Crippen molar-refractivity contribution >= 4 is 0 Å². The van der Waals surface area contributed by atoms with E-state index in [2.05, 4.69) is 33.4 Å². The van der Waals surface area contributed by atoms with Crippen LogP contribution in [0.15, 0.2) is 12.7 Å². The second kappa shape index (κ2) is 5.40. The zero-order valence-electron chi connectivity index (χ0n) is 8.32. The molecule has 0 aromatic rings. The number of hydrogen-bond donors (Lipinski definition) is 0. The molecule has 66 valence electrons. The Hall–Kier alpha value is -0.260. The zero-order chi connectivity index (χ0) is 8.74. The SMILES string of the molecule is C=C[C@](C)(CCC)CCCC. The van der Waals surface area contributed by atoms with Gasteiger partial charge in [-0.1, -0.05) is 46.1 Å². The first-order valence-corrected chi connectivity index (χ1v) is 4.82. The van der Waals surface area contributed by atoms with Gasteiger partial charge in [-0.3, -0.25) is 0 Å². The monoisotopic (exact) mass is 154 g/mol. The Morgan fingerprint density at radius 2 is 1.82 bits per heavy atom. The van der Waals surface area contributed by atoms with Crippen LogP contribution in [0.2, 0.25) is 0 Å². The van der Waals surface area contributed by atoms with Crippen LogP contribution in [0.1, 0.15) is 52.9 Å². The molecule has 0 spiro atoms. The van der Waals surface area contributed by atoms with Crippen molar-refractivity contribution in [3.8, 4) is 0 Å². The number of rotatable bonds is 6. The van der Waals surface area contributed by atoms with E-state index in [-0.39, 0.29) is 0 Å². The molecular weight excluding hydrogens is 132 g/mol. The first-order valence-electron chi connectivity index (χ1n) is 4.82. The molecule has 0 aromatic carbocycles. The Bertz CT molecular complexity index is 105. The highest BCUT2D eigenvalue weighted by Crippen LogP contribution is 2.30. The number of allylic oxidation sites excluding steroid dienone is 1. The molecule has 0 saturated carbocycles. The Labute approximate surface area is 71.7 Å². The third-order valence-corrected chi connectivity index (χ3v) is 2.42. The van der Waals surface area contributed by atoms with Crippen LogP contribution >= 0.6 is 0 Å². The van der Waals surface area contributed by atoms with Gasteiger partial charge in [0.15, 0.2) is 0 Å². The van der Waals surface area contributed by atoms with Gasteiger partial charge in [0.25, 0.3) is 0 Å². The van der Waals surface area contributed by atoms with Crippen molar-refractivity contribution in [2.45, 2.75) is 52.9 Å². The molecule has 0 fully saturated rings. The summed E-state index contributed by atoms with van der Waals surface area (Å²) in [5, 5.41) is 0. The van der Waals surface area contributed by atoms with Crippen molar-refractivity contribution in [2.24, 2.45) is 5.41 Å². The molecule has 0 aliphatic heterocycles. The van der Waals surface area contributed by atoms with E-state index >= 15 is 0 Å². The molecule has 0 saturated heterocycles. The van der Waals surface area contributed by atoms with Crippen molar-refractivity contribution in [1.82, 2.24) is 0 Å². The lowest BCUT2D eigenvalue weighted by Gasteiger charge is -2.24. The predicted octanol–water partition coefficient (Wildman–Crippen LogP) is 4.17. The fourth-order valence-corrected chi connectivity index (χ4v) is 1.48. The summed E-state index contributed by atoms with van der Waals surface area (Å²) in [6, 6.07) is 0. The van der Waals surface area contributed by atoms with Gasteiger partial charge in [0.05, 0.1) is 0 Å². The van der Waals surface area contributed by atoms with Crippen molar-refractivity contribution < 1.29 is 0 Å². The normalized spacial score (nSPS) is 15.9. The highest BCUT2D eigenvalue weighted by atomic mass is 14.2. The first-order chi connectivity index (χ1) is 5.18. The smallest absolute Gasteiger partial charge is 0.0149 e. The Morgan fingerprint density at radius 1 is 1.18 bits per heavy atom. The fraction of sp³-hybridized carbons (Fsp3) is 0.818. The highest BCUT2D eigenvalue weighted by molar-refractivity contribution is 4.90. The molecular formula is C11H22. The van der Waals surface area contributed by atoms with Gasteiger partial charge in [-0.15, -0.1) is 6.58 Å². The van der Waals surface area contributed by atoms with E-state index in [4.69, 9.17) is 0 Å². The van der Waals surface area contributed by atoms with E-state index in [9.17, 15) is 0 Å². The molecule has 0 heteroatoms. The fourth-order valence-electron chi connectivity index (χ4n) is 1.48. The van der Waals surface area contributed by atoms with E-state index in [1.165, 1.54) is 32.1 Å². The van der Waals surface area contributed by atoms with Crippen LogP contribution in [0, 0.1) is 5.41 Å². The molecule has 0 rings (SSSR count). The predicted molar refractivity (Wildman–Crippen MR) is 52.7 cm³/mol. The topological polar surface area (TPSA) is 0 Å². The van der Waals surface area contributed by atoms with Crippen LogP contribution in [0.5, 0.6) is 0 Å². The molecule has 0 aromatic heterocycles. The molecule has 0 amide bonds. The summed E-state index contributed by atoms with van der Waals surface area (Å²) in [5.74, 6) is 0. The molecule has 0 bridgehead atoms. The minimum Gasteiger partial charge on any atom is -0.103 e. The average molecular weight is 154 g/mol. The zero-order valence-corrected chi connectivity index (χ0v) is 8.32. The Balaban J connectivity index is 3.77. The highest BCUT2D eigenvalue weighted by Gasteiger charge is 2.17. The van der Waals surface area contributed by atoms with E-state index < -0.39 is 0 Å². The lowest BCUT2D eigenvalue weighted by atomic mass is 9.81. The van der Waals surface area contributed by atoms with Crippen LogP contribution in [-0.4, -0.2) is 0 Å². The van der Waals surface area contributed by atoms with E-state index in [1.807, 2.05) is 0 Å². The van der Waals surface area contributed by atoms with Crippen LogP contribution in [-0.2, 0) is 0 Å². The summed E-state index contributed by atoms with van der Waals surface area (Å²) >= 11 is 0. The minimum absolute atomic E-state index is 0.408. The largest absolute Gasteiger partial charge is 0.103 e. The molecule has 0 radical (unpaired) electrons. The standard InChI is InChI=1S/C11H22/c1-5-8-10-11(4,7-3)9-6-2/h7H,3,5-6,8-10H2,1-2,4H3/t11-/m1/s1. The second-order valence-corrected chi connectivity index (χ2v) is 3.71. The van der Waals surface area contributed by atoms with E-state index in [0.717, 1.165) is 0 Å². The van der Waals surface area contributed by atoms with Gasteiger partial charge >= 0.3 is 0 Å². The summed E-state index contributed by atoms with van der Waals surface area (Å²) in [5.41, 5.74) is 0.408. The minimum atomic E-state index is 0.408. The van der Waals surface area contributed by atoms with Crippen molar-refractivity contribution in [3.63, 3.8) is 0 Å². The van der Waals surface area contributed by atoms with Crippen LogP contribution in [0.4, 0.5) is 0 Å². The van der Waals surface area contributed by atoms with Gasteiger partial charge in [0.2, 0.25) is 0 Å². The second-order valence-electron chi connectivity index (χ2n) is 3.71. The third-order valence-electron chi connectivity index (χ3n) is 2.42. The van der Waals surface area contributed by atoms with Crippen molar-refractivity contribution in [1.29, 1.82) is 0 Å². The molecule has 0 nitrogen and oxygen atoms in total. The molecule has 0 unspecified atom stereocenters. The van der Waals surface area contributed by atoms with Crippen LogP contribution in [0.3, 0.4) is 0 Å². The number of unbranched alkanes of at least 4 members (excludes halogenated alkanes) is 1. The summed E-state index contributed by atoms with van der Waals surface area (Å²) in [6.07, 6.45) is 8.63. The lowest BCUT2D eigenvalue weighted by molar-refractivity contribution is 0.345. The van der Waals surface area contributed by atoms with Gasteiger partial charge in [-0.2, -0.15) is 0 Å². The van der Waals surface area contributed by atoms with Crippen LogP contribution < -0.4 is 0 Å². The maximum absolute atomic E-state index is 3.90. The summed E-state index contributed by atoms with van der Waals surface area (Å²) in [4.78, 5) is 0. The Kier molecular flexibility index (Phi) is 5.27. The maximum atomic E-state index is 3.90.